The SMILES string of the molecule is C=CC1CC1(CC(=O)C1CC(Oc2cc(C3=CCC(CC4CCCCC4)=C3)cc3cc(OC)ccc23)CC1C(=O)C(CC(=O)OC1CCCC1)C(C)(C)C)C(C)=O. The monoisotopic (exact) mass is 776 g/mol. The number of benzene rings is 2. The average Bonchev–Trinajstić information content (AvgIpc) is 3.60. The van der Waals surface area contributed by atoms with Crippen LogP contribution >= 0.6 is 0 Å². The zero-order valence-electron chi connectivity index (χ0n) is 35.0. The van der Waals surface area contributed by atoms with E-state index in [2.05, 4.69) is 30.9 Å². The van der Waals surface area contributed by atoms with Crippen molar-refractivity contribution in [2.24, 2.45) is 40.4 Å². The van der Waals surface area contributed by atoms with Crippen LogP contribution in [-0.4, -0.2) is 42.6 Å². The van der Waals surface area contributed by atoms with Crippen LogP contribution in [0.4, 0.5) is 0 Å². The highest BCUT2D eigenvalue weighted by atomic mass is 16.5. The molecule has 0 aromatic heterocycles. The first-order valence-electron chi connectivity index (χ1n) is 21.9. The molecule has 0 amide bonds. The number of methoxy groups -OCH3 is 1. The summed E-state index contributed by atoms with van der Waals surface area (Å²) in [4.78, 5) is 55.6. The van der Waals surface area contributed by atoms with Gasteiger partial charge in [0.05, 0.1) is 13.5 Å². The number of carbonyl (C=O) groups is 4. The minimum atomic E-state index is -0.748. The van der Waals surface area contributed by atoms with E-state index in [-0.39, 0.29) is 48.2 Å². The number of rotatable bonds is 16. The molecule has 7 heteroatoms. The molecule has 7 rings (SSSR count). The van der Waals surface area contributed by atoms with Crippen LogP contribution in [0.25, 0.3) is 16.3 Å². The van der Waals surface area contributed by atoms with E-state index in [9.17, 15) is 19.2 Å². The lowest BCUT2D eigenvalue weighted by Gasteiger charge is -2.32. The fourth-order valence-corrected chi connectivity index (χ4v) is 10.6. The van der Waals surface area contributed by atoms with Crippen molar-refractivity contribution in [3.05, 3.63) is 66.3 Å². The second-order valence-electron chi connectivity index (χ2n) is 19.2. The molecule has 0 heterocycles. The molecular weight excluding hydrogens is 713 g/mol. The molecule has 7 nitrogen and oxygen atoms in total. The summed E-state index contributed by atoms with van der Waals surface area (Å²) < 4.78 is 18.5. The van der Waals surface area contributed by atoms with E-state index in [1.807, 2.05) is 39.0 Å². The molecule has 6 atom stereocenters. The Kier molecular flexibility index (Phi) is 12.3. The van der Waals surface area contributed by atoms with Crippen molar-refractivity contribution in [1.82, 2.24) is 0 Å². The van der Waals surface area contributed by atoms with Crippen LogP contribution in [0.3, 0.4) is 0 Å². The predicted molar refractivity (Wildman–Crippen MR) is 225 cm³/mol. The minimum absolute atomic E-state index is 0.00692. The minimum Gasteiger partial charge on any atom is -0.497 e. The molecule has 306 valence electrons. The Balaban J connectivity index is 1.18. The highest BCUT2D eigenvalue weighted by molar-refractivity contribution is 5.98. The summed E-state index contributed by atoms with van der Waals surface area (Å²) in [6.45, 7) is 11.4. The maximum absolute atomic E-state index is 14.9. The zero-order chi connectivity index (χ0) is 40.5. The second kappa shape index (κ2) is 17.1. The second-order valence-corrected chi connectivity index (χ2v) is 19.2. The highest BCUT2D eigenvalue weighted by Gasteiger charge is 2.59. The number of allylic oxidation sites excluding steroid dienone is 5. The Labute approximate surface area is 340 Å². The maximum atomic E-state index is 14.9. The number of carbonyl (C=O) groups excluding carboxylic acids is 4. The summed E-state index contributed by atoms with van der Waals surface area (Å²) in [6, 6.07) is 10.3. The molecule has 57 heavy (non-hydrogen) atoms. The lowest BCUT2D eigenvalue weighted by atomic mass is 9.70. The van der Waals surface area contributed by atoms with E-state index < -0.39 is 34.7 Å². The van der Waals surface area contributed by atoms with E-state index in [1.165, 1.54) is 43.3 Å². The van der Waals surface area contributed by atoms with Crippen LogP contribution in [0.15, 0.2) is 60.7 Å². The molecule has 2 aromatic rings. The molecule has 4 fully saturated rings. The first-order chi connectivity index (χ1) is 27.3. The van der Waals surface area contributed by atoms with Crippen LogP contribution in [-0.2, 0) is 23.9 Å². The van der Waals surface area contributed by atoms with Crippen LogP contribution in [0, 0.1) is 40.4 Å². The smallest absolute Gasteiger partial charge is 0.306 e. The molecule has 4 saturated carbocycles. The van der Waals surface area contributed by atoms with Gasteiger partial charge < -0.3 is 14.2 Å². The number of fused-ring (bicyclic) bond motifs is 1. The van der Waals surface area contributed by atoms with E-state index in [0.29, 0.717) is 25.0 Å². The van der Waals surface area contributed by atoms with Gasteiger partial charge in [-0.3, -0.25) is 19.2 Å². The summed E-state index contributed by atoms with van der Waals surface area (Å²) in [5, 5.41) is 1.93. The van der Waals surface area contributed by atoms with Crippen molar-refractivity contribution < 1.29 is 33.4 Å². The summed E-state index contributed by atoms with van der Waals surface area (Å²) >= 11 is 0. The molecule has 0 saturated heterocycles. The summed E-state index contributed by atoms with van der Waals surface area (Å²) in [7, 11) is 1.67. The van der Waals surface area contributed by atoms with Gasteiger partial charge in [0.25, 0.3) is 0 Å². The van der Waals surface area contributed by atoms with Gasteiger partial charge in [-0.25, -0.2) is 0 Å². The number of Topliss-reactive ketones (excluding diaryl/α,β-unsaturated/α-hetero) is 3. The largest absolute Gasteiger partial charge is 0.497 e. The van der Waals surface area contributed by atoms with Gasteiger partial charge in [-0.15, -0.1) is 6.58 Å². The van der Waals surface area contributed by atoms with Crippen LogP contribution < -0.4 is 9.47 Å². The maximum Gasteiger partial charge on any atom is 0.306 e. The van der Waals surface area contributed by atoms with Crippen molar-refractivity contribution in [1.29, 1.82) is 0 Å². The van der Waals surface area contributed by atoms with Gasteiger partial charge in [0.15, 0.2) is 0 Å². The summed E-state index contributed by atoms with van der Waals surface area (Å²) in [5.41, 5.74) is 2.47. The standard InChI is InChI=1S/C50H64O7/c1-7-37-29-50(37,31(2)51)30-45(52)42-26-40(27-43(42)48(54)44(49(3,4)5)28-47(53)57-38-15-11-12-16-38)56-46-25-35(23-36-24-39(55-6)19-20-41(36)46)34-18-17-33(22-34)21-32-13-9-8-10-14-32/h7,18-20,22-25,32,37-38,40,42-44H,1,8-17,21,26-30H2,2-6H3. The molecule has 5 aliphatic rings. The predicted octanol–water partition coefficient (Wildman–Crippen LogP) is 11.2. The van der Waals surface area contributed by atoms with Crippen molar-refractivity contribution in [2.45, 2.75) is 143 Å². The quantitative estimate of drug-likeness (QED) is 0.124. The molecule has 5 aliphatic carbocycles. The Morgan fingerprint density at radius 2 is 1.65 bits per heavy atom. The third kappa shape index (κ3) is 9.18. The molecule has 2 aromatic carbocycles. The fraction of sp³-hybridized carbons (Fsp3) is 0.600. The first kappa shape index (κ1) is 41.2. The molecule has 6 unspecified atom stereocenters. The number of ketones is 3. The molecule has 0 aliphatic heterocycles. The van der Waals surface area contributed by atoms with Gasteiger partial charge in [-0.05, 0) is 129 Å². The van der Waals surface area contributed by atoms with Crippen LogP contribution in [0.5, 0.6) is 11.5 Å². The average molecular weight is 777 g/mol. The highest BCUT2D eigenvalue weighted by Crippen LogP contribution is 2.58. The Bertz CT molecular complexity index is 1930. The van der Waals surface area contributed by atoms with Gasteiger partial charge >= 0.3 is 5.97 Å². The van der Waals surface area contributed by atoms with Gasteiger partial charge in [0, 0.05) is 35.0 Å². The Morgan fingerprint density at radius 1 is 0.930 bits per heavy atom. The molecule has 0 spiro atoms. The third-order valence-electron chi connectivity index (χ3n) is 14.2. The van der Waals surface area contributed by atoms with Crippen molar-refractivity contribution in [3.8, 4) is 11.5 Å². The van der Waals surface area contributed by atoms with Gasteiger partial charge in [0.1, 0.15) is 41.1 Å². The number of ether oxygens (including phenoxy) is 3. The van der Waals surface area contributed by atoms with Crippen molar-refractivity contribution in [2.75, 3.05) is 7.11 Å². The first-order valence-corrected chi connectivity index (χ1v) is 21.9. The normalized spacial score (nSPS) is 27.1. The summed E-state index contributed by atoms with van der Waals surface area (Å²) in [6.07, 6.45) is 20.0. The van der Waals surface area contributed by atoms with Gasteiger partial charge in [-0.1, -0.05) is 76.7 Å². The number of hydrogen-bond donors (Lipinski definition) is 0. The van der Waals surface area contributed by atoms with Crippen molar-refractivity contribution in [3.63, 3.8) is 0 Å². The van der Waals surface area contributed by atoms with Gasteiger partial charge in [0.2, 0.25) is 0 Å². The lowest BCUT2D eigenvalue weighted by molar-refractivity contribution is -0.154. The van der Waals surface area contributed by atoms with E-state index in [4.69, 9.17) is 14.2 Å². The Morgan fingerprint density at radius 3 is 2.32 bits per heavy atom. The van der Waals surface area contributed by atoms with Crippen molar-refractivity contribution >= 4 is 39.7 Å². The fourth-order valence-electron chi connectivity index (χ4n) is 10.6. The van der Waals surface area contributed by atoms with E-state index in [1.54, 1.807) is 20.1 Å². The van der Waals surface area contributed by atoms with E-state index in [0.717, 1.165) is 66.5 Å². The topological polar surface area (TPSA) is 96.0 Å². The van der Waals surface area contributed by atoms with Crippen LogP contribution in [0.1, 0.15) is 136 Å². The zero-order valence-corrected chi connectivity index (χ0v) is 35.0. The number of hydrogen-bond acceptors (Lipinski definition) is 7. The molecular formula is C50H64O7. The summed E-state index contributed by atoms with van der Waals surface area (Å²) in [5.74, 6) is -0.207. The Hall–Kier alpha value is -4.00. The molecule has 0 bridgehead atoms. The molecule has 0 radical (unpaired) electrons. The molecule has 0 N–H and O–H groups in total. The van der Waals surface area contributed by atoms with Crippen LogP contribution in [0.2, 0.25) is 0 Å². The third-order valence-corrected chi connectivity index (χ3v) is 14.2. The van der Waals surface area contributed by atoms with E-state index >= 15 is 0 Å². The lowest BCUT2D eigenvalue weighted by Crippen LogP contribution is -2.39. The number of esters is 1. The van der Waals surface area contributed by atoms with Gasteiger partial charge in [-0.2, -0.15) is 0 Å².